The van der Waals surface area contributed by atoms with Gasteiger partial charge in [-0.1, -0.05) is 17.7 Å². The molecule has 5 heteroatoms. The van der Waals surface area contributed by atoms with Crippen molar-refractivity contribution in [3.05, 3.63) is 57.6 Å². The SMILES string of the molecule is COc1c(C)cnc(CC(=O)c2cccc(F)c2Cl)c1C. The van der Waals surface area contributed by atoms with Crippen molar-refractivity contribution in [2.45, 2.75) is 20.3 Å². The number of pyridine rings is 1. The standard InChI is InChI=1S/C16H15ClFNO2/c1-9-8-19-13(10(2)16(9)21-3)7-14(20)11-5-4-6-12(18)15(11)17/h4-6,8H,7H2,1-3H3. The monoisotopic (exact) mass is 307 g/mol. The molecule has 0 fully saturated rings. The largest absolute Gasteiger partial charge is 0.496 e. The zero-order valence-electron chi connectivity index (χ0n) is 12.0. The van der Waals surface area contributed by atoms with Gasteiger partial charge in [0.25, 0.3) is 0 Å². The summed E-state index contributed by atoms with van der Waals surface area (Å²) in [4.78, 5) is 16.6. The van der Waals surface area contributed by atoms with E-state index >= 15 is 0 Å². The molecule has 0 radical (unpaired) electrons. The number of ketones is 1. The molecular weight excluding hydrogens is 293 g/mol. The van der Waals surface area contributed by atoms with Gasteiger partial charge in [0.2, 0.25) is 0 Å². The summed E-state index contributed by atoms with van der Waals surface area (Å²) in [6, 6.07) is 4.19. The van der Waals surface area contributed by atoms with Gasteiger partial charge in [-0.15, -0.1) is 0 Å². The molecule has 0 aliphatic carbocycles. The minimum Gasteiger partial charge on any atom is -0.496 e. The topological polar surface area (TPSA) is 39.2 Å². The number of nitrogens with zero attached hydrogens (tertiary/aromatic N) is 1. The Kier molecular flexibility index (Phi) is 4.58. The average molecular weight is 308 g/mol. The third-order valence-electron chi connectivity index (χ3n) is 3.33. The Bertz CT molecular complexity index is 701. The summed E-state index contributed by atoms with van der Waals surface area (Å²) >= 11 is 5.84. The summed E-state index contributed by atoms with van der Waals surface area (Å²) in [5.74, 6) is -0.173. The van der Waals surface area contributed by atoms with Gasteiger partial charge in [0.05, 0.1) is 24.2 Å². The fraction of sp³-hybridized carbons (Fsp3) is 0.250. The van der Waals surface area contributed by atoms with E-state index in [9.17, 15) is 9.18 Å². The van der Waals surface area contributed by atoms with E-state index in [0.29, 0.717) is 11.4 Å². The Hall–Kier alpha value is -1.94. The Labute approximate surface area is 127 Å². The number of benzene rings is 1. The maximum absolute atomic E-state index is 13.4. The van der Waals surface area contributed by atoms with Crippen LogP contribution in [-0.2, 0) is 6.42 Å². The van der Waals surface area contributed by atoms with Crippen LogP contribution in [0, 0.1) is 19.7 Å². The molecule has 0 unspecified atom stereocenters. The highest BCUT2D eigenvalue weighted by molar-refractivity contribution is 6.34. The van der Waals surface area contributed by atoms with Crippen molar-refractivity contribution in [3.8, 4) is 5.75 Å². The summed E-state index contributed by atoms with van der Waals surface area (Å²) < 4.78 is 18.7. The highest BCUT2D eigenvalue weighted by Crippen LogP contribution is 2.26. The minimum atomic E-state index is -0.603. The third kappa shape index (κ3) is 3.05. The molecular formula is C16H15ClFNO2. The molecule has 3 nitrogen and oxygen atoms in total. The summed E-state index contributed by atoms with van der Waals surface area (Å²) in [5, 5.41) is -0.153. The van der Waals surface area contributed by atoms with Crippen LogP contribution < -0.4 is 4.74 Å². The second-order valence-electron chi connectivity index (χ2n) is 4.75. The Morgan fingerprint density at radius 3 is 2.76 bits per heavy atom. The molecule has 0 N–H and O–H groups in total. The molecule has 1 aromatic carbocycles. The number of hydrogen-bond donors (Lipinski definition) is 0. The first-order valence-electron chi connectivity index (χ1n) is 6.42. The van der Waals surface area contributed by atoms with Crippen LogP contribution in [-0.4, -0.2) is 17.9 Å². The van der Waals surface area contributed by atoms with E-state index in [-0.39, 0.29) is 22.8 Å². The van der Waals surface area contributed by atoms with E-state index in [1.807, 2.05) is 13.8 Å². The van der Waals surface area contributed by atoms with Crippen LogP contribution >= 0.6 is 11.6 Å². The lowest BCUT2D eigenvalue weighted by atomic mass is 10.0. The molecule has 2 aromatic rings. The Morgan fingerprint density at radius 2 is 2.10 bits per heavy atom. The number of ether oxygens (including phenoxy) is 1. The van der Waals surface area contributed by atoms with Gasteiger partial charge >= 0.3 is 0 Å². The van der Waals surface area contributed by atoms with Gasteiger partial charge < -0.3 is 4.74 Å². The molecule has 110 valence electrons. The predicted octanol–water partition coefficient (Wildman–Crippen LogP) is 3.92. The fourth-order valence-electron chi connectivity index (χ4n) is 2.22. The lowest BCUT2D eigenvalue weighted by molar-refractivity contribution is 0.0991. The maximum atomic E-state index is 13.4. The van der Waals surface area contributed by atoms with Crippen molar-refractivity contribution in [2.75, 3.05) is 7.11 Å². The van der Waals surface area contributed by atoms with Crippen LogP contribution in [0.2, 0.25) is 5.02 Å². The number of aryl methyl sites for hydroxylation is 1. The number of methoxy groups -OCH3 is 1. The molecule has 0 spiro atoms. The quantitative estimate of drug-likeness (QED) is 0.804. The number of carbonyl (C=O) groups excluding carboxylic acids is 1. The molecule has 0 bridgehead atoms. The van der Waals surface area contributed by atoms with Crippen molar-refractivity contribution in [1.82, 2.24) is 4.98 Å². The van der Waals surface area contributed by atoms with Crippen molar-refractivity contribution >= 4 is 17.4 Å². The number of hydrogen-bond acceptors (Lipinski definition) is 3. The normalized spacial score (nSPS) is 10.5. The molecule has 0 saturated carbocycles. The van der Waals surface area contributed by atoms with Gasteiger partial charge in [0.15, 0.2) is 5.78 Å². The van der Waals surface area contributed by atoms with Gasteiger partial charge in [-0.2, -0.15) is 0 Å². The van der Waals surface area contributed by atoms with Crippen LogP contribution in [0.25, 0.3) is 0 Å². The first-order chi connectivity index (χ1) is 9.95. The van der Waals surface area contributed by atoms with E-state index in [1.54, 1.807) is 13.3 Å². The third-order valence-corrected chi connectivity index (χ3v) is 3.71. The molecule has 0 atom stereocenters. The number of rotatable bonds is 4. The molecule has 21 heavy (non-hydrogen) atoms. The molecule has 0 amide bonds. The van der Waals surface area contributed by atoms with Gasteiger partial charge in [-0.05, 0) is 26.0 Å². The van der Waals surface area contributed by atoms with E-state index in [0.717, 1.165) is 11.1 Å². The van der Waals surface area contributed by atoms with Crippen molar-refractivity contribution in [1.29, 1.82) is 0 Å². The second kappa shape index (κ2) is 6.22. The van der Waals surface area contributed by atoms with E-state index in [4.69, 9.17) is 16.3 Å². The fourth-order valence-corrected chi connectivity index (χ4v) is 2.45. The lowest BCUT2D eigenvalue weighted by Crippen LogP contribution is -2.09. The number of halogens is 2. The van der Waals surface area contributed by atoms with Crippen molar-refractivity contribution in [3.63, 3.8) is 0 Å². The van der Waals surface area contributed by atoms with Gasteiger partial charge in [0, 0.05) is 22.9 Å². The molecule has 2 rings (SSSR count). The van der Waals surface area contributed by atoms with E-state index in [2.05, 4.69) is 4.98 Å². The summed E-state index contributed by atoms with van der Waals surface area (Å²) in [7, 11) is 1.57. The van der Waals surface area contributed by atoms with Crippen LogP contribution in [0.5, 0.6) is 5.75 Å². The number of carbonyl (C=O) groups is 1. The van der Waals surface area contributed by atoms with E-state index in [1.165, 1.54) is 18.2 Å². The average Bonchev–Trinajstić information content (AvgIpc) is 2.45. The first-order valence-corrected chi connectivity index (χ1v) is 6.79. The van der Waals surface area contributed by atoms with E-state index < -0.39 is 5.82 Å². The molecule has 1 heterocycles. The van der Waals surface area contributed by atoms with Gasteiger partial charge in [0.1, 0.15) is 11.6 Å². The number of aromatic nitrogens is 1. The van der Waals surface area contributed by atoms with Crippen LogP contribution in [0.3, 0.4) is 0 Å². The maximum Gasteiger partial charge on any atom is 0.170 e. The summed E-state index contributed by atoms with van der Waals surface area (Å²) in [6.07, 6.45) is 1.70. The smallest absolute Gasteiger partial charge is 0.170 e. The van der Waals surface area contributed by atoms with Crippen LogP contribution in [0.1, 0.15) is 27.2 Å². The minimum absolute atomic E-state index is 0.0473. The highest BCUT2D eigenvalue weighted by atomic mass is 35.5. The lowest BCUT2D eigenvalue weighted by Gasteiger charge is -2.12. The molecule has 0 saturated heterocycles. The first kappa shape index (κ1) is 15.4. The molecule has 1 aromatic heterocycles. The zero-order valence-corrected chi connectivity index (χ0v) is 12.8. The molecule has 0 aliphatic heterocycles. The van der Waals surface area contributed by atoms with Gasteiger partial charge in [-0.3, -0.25) is 9.78 Å². The highest BCUT2D eigenvalue weighted by Gasteiger charge is 2.17. The second-order valence-corrected chi connectivity index (χ2v) is 5.13. The van der Waals surface area contributed by atoms with Crippen molar-refractivity contribution in [2.24, 2.45) is 0 Å². The zero-order chi connectivity index (χ0) is 15.6. The summed E-state index contributed by atoms with van der Waals surface area (Å²) in [6.45, 7) is 3.72. The Morgan fingerprint density at radius 1 is 1.38 bits per heavy atom. The summed E-state index contributed by atoms with van der Waals surface area (Å²) in [5.41, 5.74) is 2.47. The van der Waals surface area contributed by atoms with Gasteiger partial charge in [-0.25, -0.2) is 4.39 Å². The van der Waals surface area contributed by atoms with Crippen LogP contribution in [0.15, 0.2) is 24.4 Å². The van der Waals surface area contributed by atoms with Crippen molar-refractivity contribution < 1.29 is 13.9 Å². The molecule has 0 aliphatic rings. The van der Waals surface area contributed by atoms with Crippen LogP contribution in [0.4, 0.5) is 4.39 Å². The Balaban J connectivity index is 2.34. The predicted molar refractivity (Wildman–Crippen MR) is 79.7 cm³/mol. The number of Topliss-reactive ketones (excluding diaryl/α,β-unsaturated/α-hetero) is 1.